The highest BCUT2D eigenvalue weighted by atomic mass is 32.2. The van der Waals surface area contributed by atoms with Gasteiger partial charge in [0.05, 0.1) is 16.1 Å². The average molecular weight is 442 g/mol. The van der Waals surface area contributed by atoms with E-state index in [4.69, 9.17) is 16.2 Å². The number of aromatic nitrogens is 3. The molecule has 1 saturated heterocycles. The second-order valence-electron chi connectivity index (χ2n) is 8.00. The Balaban J connectivity index is 1.56. The molecule has 1 aliphatic heterocycles. The van der Waals surface area contributed by atoms with Crippen molar-refractivity contribution >= 4 is 34.3 Å². The smallest absolute Gasteiger partial charge is 0.151 e. The number of anilines is 2. The third kappa shape index (κ3) is 4.95. The molecule has 0 amide bonds. The number of nitrogens with one attached hydrogen (secondary N) is 1. The molecule has 5 N–H and O–H groups in total. The van der Waals surface area contributed by atoms with Gasteiger partial charge in [-0.15, -0.1) is 0 Å². The molecule has 4 rings (SSSR count). The van der Waals surface area contributed by atoms with Crippen molar-refractivity contribution in [1.29, 1.82) is 0 Å². The van der Waals surface area contributed by atoms with E-state index in [0.29, 0.717) is 24.5 Å². The van der Waals surface area contributed by atoms with Crippen molar-refractivity contribution in [1.82, 2.24) is 24.8 Å². The maximum atomic E-state index is 6.43. The van der Waals surface area contributed by atoms with E-state index in [9.17, 15) is 0 Å². The summed E-state index contributed by atoms with van der Waals surface area (Å²) in [6.07, 6.45) is 0. The normalized spacial score (nSPS) is 15.7. The van der Waals surface area contributed by atoms with Gasteiger partial charge in [0.2, 0.25) is 0 Å². The Hall–Kier alpha value is -2.33. The number of nitrogen functional groups attached to an aromatic ring is 2. The number of nitrogens with zero attached hydrogens (tertiary/aromatic N) is 4. The quantitative estimate of drug-likeness (QED) is 0.480. The first-order chi connectivity index (χ1) is 14.9. The molecule has 1 aliphatic rings. The number of aryl methyl sites for hydroxylation is 1. The van der Waals surface area contributed by atoms with Gasteiger partial charge in [-0.05, 0) is 38.6 Å². The first-order valence-corrected chi connectivity index (χ1v) is 11.5. The summed E-state index contributed by atoms with van der Waals surface area (Å²) in [4.78, 5) is 19.3. The van der Waals surface area contributed by atoms with Gasteiger partial charge < -0.3 is 26.1 Å². The second kappa shape index (κ2) is 9.44. The van der Waals surface area contributed by atoms with Crippen LogP contribution in [0.5, 0.6) is 0 Å². The van der Waals surface area contributed by atoms with Crippen molar-refractivity contribution in [2.24, 2.45) is 0 Å². The molecule has 0 bridgehead atoms. The van der Waals surface area contributed by atoms with Crippen molar-refractivity contribution < 1.29 is 4.74 Å². The first-order valence-electron chi connectivity index (χ1n) is 10.6. The molecule has 0 spiro atoms. The number of hydrogen-bond donors (Lipinski definition) is 3. The number of H-pyrrole nitrogens is 1. The maximum Gasteiger partial charge on any atom is 0.151 e. The van der Waals surface area contributed by atoms with Gasteiger partial charge in [-0.2, -0.15) is 0 Å². The van der Waals surface area contributed by atoms with Gasteiger partial charge >= 0.3 is 0 Å². The Labute approximate surface area is 187 Å². The minimum Gasteiger partial charge on any atom is -0.398 e. The minimum absolute atomic E-state index is 0.418. The number of likely N-dealkylation sites (N-methyl/N-ethyl adjacent to an activating group) is 1. The first kappa shape index (κ1) is 21.9. The molecular formula is C22H31N7OS. The van der Waals surface area contributed by atoms with E-state index in [1.54, 1.807) is 11.8 Å². The number of piperazine rings is 1. The Morgan fingerprint density at radius 3 is 2.65 bits per heavy atom. The second-order valence-corrected chi connectivity index (χ2v) is 9.08. The summed E-state index contributed by atoms with van der Waals surface area (Å²) in [5.74, 6) is 1.18. The van der Waals surface area contributed by atoms with Crippen LogP contribution in [0.25, 0.3) is 11.0 Å². The lowest BCUT2D eigenvalue weighted by atomic mass is 10.1. The lowest BCUT2D eigenvalue weighted by Gasteiger charge is -2.32. The summed E-state index contributed by atoms with van der Waals surface area (Å²) in [5, 5.41) is 0. The molecule has 0 atom stereocenters. The number of ether oxygens (including phenoxy) is 1. The third-order valence-electron chi connectivity index (χ3n) is 5.61. The van der Waals surface area contributed by atoms with Crippen molar-refractivity contribution in [2.45, 2.75) is 36.8 Å². The van der Waals surface area contributed by atoms with Crippen molar-refractivity contribution in [3.63, 3.8) is 0 Å². The van der Waals surface area contributed by atoms with Gasteiger partial charge in [0, 0.05) is 49.9 Å². The predicted molar refractivity (Wildman–Crippen MR) is 126 cm³/mol. The van der Waals surface area contributed by atoms with Gasteiger partial charge in [-0.3, -0.25) is 4.90 Å². The van der Waals surface area contributed by atoms with Crippen LogP contribution in [-0.2, 0) is 17.9 Å². The molecule has 9 heteroatoms. The highest BCUT2D eigenvalue weighted by molar-refractivity contribution is 7.99. The predicted octanol–water partition coefficient (Wildman–Crippen LogP) is 2.87. The van der Waals surface area contributed by atoms with Gasteiger partial charge in [0.25, 0.3) is 0 Å². The van der Waals surface area contributed by atoms with Crippen LogP contribution in [-0.4, -0.2) is 64.6 Å². The lowest BCUT2D eigenvalue weighted by Crippen LogP contribution is -2.43. The molecule has 0 saturated carbocycles. The molecule has 3 heterocycles. The molecule has 31 heavy (non-hydrogen) atoms. The van der Waals surface area contributed by atoms with Gasteiger partial charge in [-0.25, -0.2) is 9.97 Å². The van der Waals surface area contributed by atoms with Crippen LogP contribution >= 0.6 is 11.8 Å². The van der Waals surface area contributed by atoms with Crippen LogP contribution in [0.15, 0.2) is 28.0 Å². The van der Waals surface area contributed by atoms with Gasteiger partial charge in [0.1, 0.15) is 17.9 Å². The number of aromatic amines is 1. The van der Waals surface area contributed by atoms with E-state index in [0.717, 1.165) is 65.2 Å². The van der Waals surface area contributed by atoms with Crippen LogP contribution in [0, 0.1) is 6.92 Å². The van der Waals surface area contributed by atoms with E-state index >= 15 is 0 Å². The Morgan fingerprint density at radius 1 is 1.16 bits per heavy atom. The Kier molecular flexibility index (Phi) is 6.66. The maximum absolute atomic E-state index is 6.43. The fraction of sp³-hybridized carbons (Fsp3) is 0.455. The Bertz CT molecular complexity index is 1060. The standard InChI is InChI=1S/C22H31N7OS/c1-4-30-13-18-26-19-20(27-18)22(24)25-14(2)21(19)31-16-6-5-15(17(23)11-16)12-29-9-7-28(3)8-10-29/h5-6,11H,4,7-10,12-13,23H2,1-3H3,(H2,24,25)(H,26,27). The summed E-state index contributed by atoms with van der Waals surface area (Å²) in [6.45, 7) is 10.2. The number of nitrogens with two attached hydrogens (primary N) is 2. The number of benzene rings is 1. The summed E-state index contributed by atoms with van der Waals surface area (Å²) in [5.41, 5.74) is 17.0. The highest BCUT2D eigenvalue weighted by Crippen LogP contribution is 2.37. The lowest BCUT2D eigenvalue weighted by molar-refractivity contribution is 0.129. The minimum atomic E-state index is 0.418. The molecule has 3 aromatic rings. The van der Waals surface area contributed by atoms with E-state index < -0.39 is 0 Å². The number of fused-ring (bicyclic) bond motifs is 1. The fourth-order valence-electron chi connectivity index (χ4n) is 3.77. The zero-order chi connectivity index (χ0) is 22.0. The SMILES string of the molecule is CCOCc1nc2c(N)nc(C)c(Sc3ccc(CN4CCN(C)CC4)c(N)c3)c2[nH]1. The summed E-state index contributed by atoms with van der Waals surface area (Å²) in [7, 11) is 2.17. The van der Waals surface area contributed by atoms with Crippen LogP contribution in [0.4, 0.5) is 11.5 Å². The summed E-state index contributed by atoms with van der Waals surface area (Å²) < 4.78 is 5.49. The largest absolute Gasteiger partial charge is 0.398 e. The number of pyridine rings is 1. The average Bonchev–Trinajstić information content (AvgIpc) is 3.18. The molecule has 0 aliphatic carbocycles. The highest BCUT2D eigenvalue weighted by Gasteiger charge is 2.18. The number of rotatable bonds is 7. The van der Waals surface area contributed by atoms with Crippen LogP contribution in [0.3, 0.4) is 0 Å². The molecule has 1 aromatic carbocycles. The third-order valence-corrected chi connectivity index (χ3v) is 6.80. The van der Waals surface area contributed by atoms with Gasteiger partial charge in [-0.1, -0.05) is 17.8 Å². The molecule has 8 nitrogen and oxygen atoms in total. The molecule has 2 aromatic heterocycles. The van der Waals surface area contributed by atoms with Crippen LogP contribution < -0.4 is 11.5 Å². The van der Waals surface area contributed by atoms with E-state index in [1.165, 1.54) is 5.56 Å². The number of hydrogen-bond acceptors (Lipinski definition) is 8. The number of imidazole rings is 1. The summed E-state index contributed by atoms with van der Waals surface area (Å²) >= 11 is 1.63. The topological polar surface area (TPSA) is 109 Å². The monoisotopic (exact) mass is 441 g/mol. The van der Waals surface area contributed by atoms with Crippen molar-refractivity contribution in [3.05, 3.63) is 35.3 Å². The van der Waals surface area contributed by atoms with Crippen molar-refractivity contribution in [3.8, 4) is 0 Å². The zero-order valence-electron chi connectivity index (χ0n) is 18.4. The molecule has 166 valence electrons. The van der Waals surface area contributed by atoms with Crippen LogP contribution in [0.1, 0.15) is 24.0 Å². The van der Waals surface area contributed by atoms with E-state index in [-0.39, 0.29) is 0 Å². The zero-order valence-corrected chi connectivity index (χ0v) is 19.3. The van der Waals surface area contributed by atoms with Crippen LogP contribution in [0.2, 0.25) is 0 Å². The molecule has 1 fully saturated rings. The molecule has 0 radical (unpaired) electrons. The van der Waals surface area contributed by atoms with E-state index in [1.807, 2.05) is 13.8 Å². The fourth-order valence-corrected chi connectivity index (χ4v) is 4.78. The van der Waals surface area contributed by atoms with Crippen molar-refractivity contribution in [2.75, 3.05) is 51.3 Å². The summed E-state index contributed by atoms with van der Waals surface area (Å²) in [6, 6.07) is 6.32. The Morgan fingerprint density at radius 2 is 1.94 bits per heavy atom. The van der Waals surface area contributed by atoms with Gasteiger partial charge in [0.15, 0.2) is 5.82 Å². The van der Waals surface area contributed by atoms with E-state index in [2.05, 4.69) is 50.0 Å². The molecular weight excluding hydrogens is 410 g/mol. The molecule has 0 unspecified atom stereocenters.